The van der Waals surface area contributed by atoms with Crippen molar-refractivity contribution in [3.8, 4) is 0 Å². The lowest BCUT2D eigenvalue weighted by molar-refractivity contribution is -0.140. The fraction of sp³-hybridized carbons (Fsp3) is 0.625. The number of hydrogen-bond donors (Lipinski definition) is 2. The van der Waals surface area contributed by atoms with Crippen LogP contribution in [0.5, 0.6) is 0 Å². The number of ether oxygens (including phenoxy) is 1. The Labute approximate surface area is 95.8 Å². The summed E-state index contributed by atoms with van der Waals surface area (Å²) in [4.78, 5) is 22.2. The van der Waals surface area contributed by atoms with E-state index in [0.717, 1.165) is 11.8 Å². The van der Waals surface area contributed by atoms with Gasteiger partial charge in [-0.05, 0) is 6.92 Å². The molecule has 0 radical (unpaired) electrons. The van der Waals surface area contributed by atoms with Gasteiger partial charge in [0, 0.05) is 14.2 Å². The number of thioether (sulfide) groups is 1. The summed E-state index contributed by atoms with van der Waals surface area (Å²) >= 11 is 0.967. The van der Waals surface area contributed by atoms with Gasteiger partial charge in [-0.2, -0.15) is 0 Å². The second kappa shape index (κ2) is 4.71. The second-order valence-corrected chi connectivity index (χ2v) is 4.91. The summed E-state index contributed by atoms with van der Waals surface area (Å²) in [6.45, 7) is 1.54. The predicted octanol–water partition coefficient (Wildman–Crippen LogP) is -0.310. The van der Waals surface area contributed by atoms with Crippen LogP contribution in [0, 0.1) is 0 Å². The lowest BCUT2D eigenvalue weighted by Gasteiger charge is -2.21. The summed E-state index contributed by atoms with van der Waals surface area (Å²) < 4.78 is 4.94. The number of methoxy groups -OCH3 is 1. The van der Waals surface area contributed by atoms with Gasteiger partial charge in [0.05, 0.1) is 6.61 Å². The van der Waals surface area contributed by atoms with Gasteiger partial charge in [-0.25, -0.2) is 9.89 Å². The number of rotatable bonds is 5. The normalized spacial score (nSPS) is 14.7. The van der Waals surface area contributed by atoms with Crippen LogP contribution in [0.3, 0.4) is 0 Å². The molecular weight excluding hydrogens is 234 g/mol. The predicted molar refractivity (Wildman–Crippen MR) is 57.6 cm³/mol. The summed E-state index contributed by atoms with van der Waals surface area (Å²) in [6, 6.07) is 0. The molecule has 7 nitrogen and oxygen atoms in total. The Morgan fingerprint density at radius 3 is 2.75 bits per heavy atom. The molecule has 0 aliphatic carbocycles. The molecule has 0 amide bonds. The first-order valence-corrected chi connectivity index (χ1v) is 5.25. The average Bonchev–Trinajstić information content (AvgIpc) is 2.50. The lowest BCUT2D eigenvalue weighted by atomic mass is 10.2. The first kappa shape index (κ1) is 12.8. The Bertz CT molecular complexity index is 441. The SMILES string of the molecule is COCC(C)(Sc1n[nH]c(=O)n1C)C(=O)O. The second-order valence-electron chi connectivity index (χ2n) is 3.44. The Kier molecular flexibility index (Phi) is 3.76. The summed E-state index contributed by atoms with van der Waals surface area (Å²) in [5, 5.41) is 15.4. The van der Waals surface area contributed by atoms with Gasteiger partial charge in [-0.3, -0.25) is 9.36 Å². The minimum absolute atomic E-state index is 0.0219. The number of aromatic nitrogens is 3. The van der Waals surface area contributed by atoms with Crippen molar-refractivity contribution in [3.63, 3.8) is 0 Å². The van der Waals surface area contributed by atoms with Crippen LogP contribution in [0.25, 0.3) is 0 Å². The third-order valence-corrected chi connectivity index (χ3v) is 3.32. The molecule has 90 valence electrons. The lowest BCUT2D eigenvalue weighted by Crippen LogP contribution is -2.36. The number of aromatic amines is 1. The summed E-state index contributed by atoms with van der Waals surface area (Å²) in [7, 11) is 2.94. The van der Waals surface area contributed by atoms with Crippen molar-refractivity contribution in [2.24, 2.45) is 7.05 Å². The Morgan fingerprint density at radius 1 is 1.75 bits per heavy atom. The quantitative estimate of drug-likeness (QED) is 0.693. The largest absolute Gasteiger partial charge is 0.480 e. The highest BCUT2D eigenvalue weighted by Crippen LogP contribution is 2.31. The summed E-state index contributed by atoms with van der Waals surface area (Å²) in [6.07, 6.45) is 0. The third-order valence-electron chi connectivity index (χ3n) is 2.03. The Balaban J connectivity index is 2.96. The molecule has 1 heterocycles. The standard InChI is InChI=1S/C8H13N3O4S/c1-8(4-15-3,5(12)13)16-7-10-9-6(14)11(7)2/h4H2,1-3H3,(H,9,14)(H,12,13). The molecule has 0 aliphatic rings. The third kappa shape index (κ3) is 2.45. The number of carboxylic acid groups (broad SMARTS) is 1. The molecule has 0 fully saturated rings. The molecule has 0 aromatic carbocycles. The highest BCUT2D eigenvalue weighted by atomic mass is 32.2. The summed E-state index contributed by atoms with van der Waals surface area (Å²) in [5.74, 6) is -1.02. The van der Waals surface area contributed by atoms with Gasteiger partial charge >= 0.3 is 11.7 Å². The topological polar surface area (TPSA) is 97.2 Å². The molecule has 8 heteroatoms. The molecule has 0 aliphatic heterocycles. The zero-order valence-electron chi connectivity index (χ0n) is 9.18. The maximum absolute atomic E-state index is 11.1. The number of nitrogens with one attached hydrogen (secondary N) is 1. The van der Waals surface area contributed by atoms with E-state index in [1.807, 2.05) is 0 Å². The number of carbonyl (C=O) groups is 1. The van der Waals surface area contributed by atoms with Gasteiger partial charge in [0.25, 0.3) is 0 Å². The first-order valence-electron chi connectivity index (χ1n) is 4.43. The molecule has 0 saturated carbocycles. The van der Waals surface area contributed by atoms with Gasteiger partial charge in [-0.1, -0.05) is 11.8 Å². The minimum atomic E-state index is -1.17. The van der Waals surface area contributed by atoms with Crippen LogP contribution in [0.1, 0.15) is 6.92 Å². The van der Waals surface area contributed by atoms with E-state index < -0.39 is 10.7 Å². The van der Waals surface area contributed by atoms with Crippen LogP contribution in [0.2, 0.25) is 0 Å². The van der Waals surface area contributed by atoms with E-state index in [-0.39, 0.29) is 12.3 Å². The highest BCUT2D eigenvalue weighted by molar-refractivity contribution is 8.01. The zero-order chi connectivity index (χ0) is 12.3. The highest BCUT2D eigenvalue weighted by Gasteiger charge is 2.36. The van der Waals surface area contributed by atoms with Crippen LogP contribution in [0.15, 0.2) is 9.95 Å². The summed E-state index contributed by atoms with van der Waals surface area (Å²) in [5.41, 5.74) is -0.382. The fourth-order valence-electron chi connectivity index (χ4n) is 1.04. The average molecular weight is 247 g/mol. The van der Waals surface area contributed by atoms with E-state index in [1.54, 1.807) is 0 Å². The molecule has 0 bridgehead atoms. The van der Waals surface area contributed by atoms with Crippen molar-refractivity contribution in [1.82, 2.24) is 14.8 Å². The van der Waals surface area contributed by atoms with Crippen LogP contribution in [-0.4, -0.2) is 44.3 Å². The van der Waals surface area contributed by atoms with Crippen LogP contribution < -0.4 is 5.69 Å². The van der Waals surface area contributed by atoms with Crippen molar-refractivity contribution in [2.75, 3.05) is 13.7 Å². The number of H-pyrrole nitrogens is 1. The maximum atomic E-state index is 11.1. The molecule has 1 aromatic rings. The van der Waals surface area contributed by atoms with Crippen molar-refractivity contribution < 1.29 is 14.6 Å². The van der Waals surface area contributed by atoms with E-state index in [9.17, 15) is 9.59 Å². The first-order chi connectivity index (χ1) is 7.40. The van der Waals surface area contributed by atoms with Crippen molar-refractivity contribution >= 4 is 17.7 Å². The van der Waals surface area contributed by atoms with E-state index in [1.165, 1.54) is 25.6 Å². The zero-order valence-corrected chi connectivity index (χ0v) is 10.00. The molecule has 1 atom stereocenters. The molecular formula is C8H13N3O4S. The van der Waals surface area contributed by atoms with E-state index in [4.69, 9.17) is 9.84 Å². The van der Waals surface area contributed by atoms with Crippen molar-refractivity contribution in [1.29, 1.82) is 0 Å². The smallest absolute Gasteiger partial charge is 0.343 e. The molecule has 1 aromatic heterocycles. The maximum Gasteiger partial charge on any atom is 0.343 e. The molecule has 1 rings (SSSR count). The Morgan fingerprint density at radius 2 is 2.38 bits per heavy atom. The number of carboxylic acids is 1. The van der Waals surface area contributed by atoms with Crippen LogP contribution in [-0.2, 0) is 16.6 Å². The monoisotopic (exact) mass is 247 g/mol. The fourth-order valence-corrected chi connectivity index (χ4v) is 2.01. The molecule has 0 spiro atoms. The van der Waals surface area contributed by atoms with Gasteiger partial charge in [0.2, 0.25) is 0 Å². The molecule has 16 heavy (non-hydrogen) atoms. The van der Waals surface area contributed by atoms with Crippen molar-refractivity contribution in [2.45, 2.75) is 16.8 Å². The van der Waals surface area contributed by atoms with Crippen LogP contribution >= 0.6 is 11.8 Å². The minimum Gasteiger partial charge on any atom is -0.480 e. The molecule has 1 unspecified atom stereocenters. The van der Waals surface area contributed by atoms with E-state index in [0.29, 0.717) is 5.16 Å². The van der Waals surface area contributed by atoms with E-state index >= 15 is 0 Å². The Hall–Kier alpha value is -1.28. The molecule has 2 N–H and O–H groups in total. The number of hydrogen-bond acceptors (Lipinski definition) is 5. The van der Waals surface area contributed by atoms with E-state index in [2.05, 4.69) is 10.2 Å². The van der Waals surface area contributed by atoms with Crippen molar-refractivity contribution in [3.05, 3.63) is 10.5 Å². The number of aliphatic carboxylic acids is 1. The molecule has 0 saturated heterocycles. The van der Waals surface area contributed by atoms with Crippen LogP contribution in [0.4, 0.5) is 0 Å². The van der Waals surface area contributed by atoms with Gasteiger partial charge in [-0.15, -0.1) is 5.10 Å². The van der Waals surface area contributed by atoms with Gasteiger partial charge in [0.15, 0.2) is 5.16 Å². The van der Waals surface area contributed by atoms with Gasteiger partial charge < -0.3 is 9.84 Å². The van der Waals surface area contributed by atoms with Gasteiger partial charge in [0.1, 0.15) is 4.75 Å². The number of nitrogens with zero attached hydrogens (tertiary/aromatic N) is 2.